The van der Waals surface area contributed by atoms with Crippen LogP contribution in [0.4, 0.5) is 0 Å². The van der Waals surface area contributed by atoms with Gasteiger partial charge in [-0.05, 0) is 26.2 Å². The topological polar surface area (TPSA) is 43.4 Å². The minimum absolute atomic E-state index is 0.156. The van der Waals surface area contributed by atoms with E-state index < -0.39 is 0 Å². The Kier molecular flexibility index (Phi) is 1.94. The molecule has 0 aromatic rings. The quantitative estimate of drug-likeness (QED) is 0.322. The van der Waals surface area contributed by atoms with Gasteiger partial charge in [-0.1, -0.05) is 11.6 Å². The van der Waals surface area contributed by atoms with Crippen LogP contribution in [0.25, 0.3) is 0 Å². The second-order valence-corrected chi connectivity index (χ2v) is 3.64. The highest BCUT2D eigenvalue weighted by Crippen LogP contribution is 2.38. The highest BCUT2D eigenvalue weighted by Gasteiger charge is 2.46. The fourth-order valence-electron chi connectivity index (χ4n) is 2.11. The molecule has 13 heavy (non-hydrogen) atoms. The van der Waals surface area contributed by atoms with Crippen LogP contribution in [0.2, 0.25) is 0 Å². The van der Waals surface area contributed by atoms with Gasteiger partial charge < -0.3 is 4.74 Å². The zero-order valence-corrected chi connectivity index (χ0v) is 7.58. The van der Waals surface area contributed by atoms with Crippen molar-refractivity contribution in [2.24, 2.45) is 11.8 Å². The molecular formula is C10H12O3. The van der Waals surface area contributed by atoms with Crippen LogP contribution in [0.1, 0.15) is 26.2 Å². The third-order valence-corrected chi connectivity index (χ3v) is 2.96. The summed E-state index contributed by atoms with van der Waals surface area (Å²) in [6.07, 6.45) is 4.45. The van der Waals surface area contributed by atoms with E-state index in [0.29, 0.717) is 6.42 Å². The Labute approximate surface area is 76.8 Å². The highest BCUT2D eigenvalue weighted by atomic mass is 16.6. The van der Waals surface area contributed by atoms with Gasteiger partial charge in [-0.3, -0.25) is 9.59 Å². The first-order chi connectivity index (χ1) is 6.22. The zero-order valence-electron chi connectivity index (χ0n) is 7.58. The summed E-state index contributed by atoms with van der Waals surface area (Å²) in [5.41, 5.74) is 1.27. The van der Waals surface area contributed by atoms with Gasteiger partial charge >= 0.3 is 11.9 Å². The molecule has 3 nitrogen and oxygen atoms in total. The van der Waals surface area contributed by atoms with E-state index in [1.165, 1.54) is 5.57 Å². The lowest BCUT2D eigenvalue weighted by atomic mass is 9.78. The lowest BCUT2D eigenvalue weighted by Gasteiger charge is -2.21. The molecule has 70 valence electrons. The monoisotopic (exact) mass is 180 g/mol. The van der Waals surface area contributed by atoms with Crippen molar-refractivity contribution >= 4 is 11.9 Å². The number of allylic oxidation sites excluding steroid dienone is 2. The molecule has 0 spiro atoms. The van der Waals surface area contributed by atoms with E-state index >= 15 is 0 Å². The van der Waals surface area contributed by atoms with Crippen molar-refractivity contribution in [3.05, 3.63) is 11.6 Å². The maximum Gasteiger partial charge on any atom is 0.317 e. The number of esters is 2. The van der Waals surface area contributed by atoms with Crippen LogP contribution in [-0.4, -0.2) is 11.9 Å². The maximum absolute atomic E-state index is 11.2. The first-order valence-corrected chi connectivity index (χ1v) is 4.62. The summed E-state index contributed by atoms with van der Waals surface area (Å²) in [5, 5.41) is 0. The molecule has 2 aliphatic rings. The number of hydrogen-bond acceptors (Lipinski definition) is 3. The van der Waals surface area contributed by atoms with Crippen molar-refractivity contribution in [1.82, 2.24) is 0 Å². The number of carbonyl (C=O) groups is 2. The normalized spacial score (nSPS) is 36.2. The second-order valence-electron chi connectivity index (χ2n) is 3.64. The zero-order chi connectivity index (χ0) is 9.42. The minimum atomic E-state index is -0.325. The van der Waals surface area contributed by atoms with Crippen molar-refractivity contribution in [2.75, 3.05) is 0 Å². The van der Waals surface area contributed by atoms with Crippen LogP contribution in [0.15, 0.2) is 11.6 Å². The van der Waals surface area contributed by atoms with Gasteiger partial charge in [0.15, 0.2) is 0 Å². The van der Waals surface area contributed by atoms with Crippen molar-refractivity contribution < 1.29 is 14.3 Å². The van der Waals surface area contributed by atoms with E-state index in [2.05, 4.69) is 4.74 Å². The molecule has 1 aliphatic heterocycles. The molecule has 2 atom stereocenters. The fraction of sp³-hybridized carbons (Fsp3) is 0.600. The number of ether oxygens (including phenoxy) is 1. The number of carbonyl (C=O) groups excluding carboxylic acids is 2. The highest BCUT2D eigenvalue weighted by molar-refractivity contribution is 5.96. The number of cyclic esters (lactones) is 2. The minimum Gasteiger partial charge on any atom is -0.393 e. The van der Waals surface area contributed by atoms with Crippen LogP contribution < -0.4 is 0 Å². The molecule has 0 aromatic heterocycles. The van der Waals surface area contributed by atoms with E-state index in [-0.39, 0.29) is 23.8 Å². The van der Waals surface area contributed by atoms with E-state index in [4.69, 9.17) is 0 Å². The Morgan fingerprint density at radius 2 is 2.00 bits per heavy atom. The van der Waals surface area contributed by atoms with E-state index in [1.807, 2.05) is 13.0 Å². The summed E-state index contributed by atoms with van der Waals surface area (Å²) >= 11 is 0. The summed E-state index contributed by atoms with van der Waals surface area (Å²) < 4.78 is 4.60. The van der Waals surface area contributed by atoms with Gasteiger partial charge in [0, 0.05) is 0 Å². The molecule has 3 heteroatoms. The Morgan fingerprint density at radius 1 is 1.31 bits per heavy atom. The predicted molar refractivity (Wildman–Crippen MR) is 45.7 cm³/mol. The SMILES string of the molecule is C/C=C1/CCC2C(=O)OC(=O)C2C1. The summed E-state index contributed by atoms with van der Waals surface area (Å²) in [5.74, 6) is -0.983. The van der Waals surface area contributed by atoms with Gasteiger partial charge in [0.25, 0.3) is 0 Å². The largest absolute Gasteiger partial charge is 0.393 e. The van der Waals surface area contributed by atoms with Crippen LogP contribution in [-0.2, 0) is 14.3 Å². The van der Waals surface area contributed by atoms with Crippen molar-refractivity contribution in [3.63, 3.8) is 0 Å². The molecule has 2 fully saturated rings. The van der Waals surface area contributed by atoms with Gasteiger partial charge in [-0.2, -0.15) is 0 Å². The number of rotatable bonds is 0. The standard InChI is InChI=1S/C10H12O3/c1-2-6-3-4-7-8(5-6)10(12)13-9(7)11/h2,7-8H,3-5H2,1H3/b6-2-. The Balaban J connectivity index is 2.20. The van der Waals surface area contributed by atoms with Crippen molar-refractivity contribution in [3.8, 4) is 0 Å². The molecule has 0 aromatic carbocycles. The van der Waals surface area contributed by atoms with Crippen LogP contribution in [0, 0.1) is 11.8 Å². The molecule has 0 N–H and O–H groups in total. The van der Waals surface area contributed by atoms with Crippen molar-refractivity contribution in [1.29, 1.82) is 0 Å². The third kappa shape index (κ3) is 1.28. The maximum atomic E-state index is 11.2. The summed E-state index contributed by atoms with van der Waals surface area (Å²) in [6.45, 7) is 1.97. The second kappa shape index (κ2) is 2.98. The van der Waals surface area contributed by atoms with Gasteiger partial charge in [0.05, 0.1) is 11.8 Å². The first-order valence-electron chi connectivity index (χ1n) is 4.62. The van der Waals surface area contributed by atoms with E-state index in [9.17, 15) is 9.59 Å². The average molecular weight is 180 g/mol. The van der Waals surface area contributed by atoms with Crippen molar-refractivity contribution in [2.45, 2.75) is 26.2 Å². The lowest BCUT2D eigenvalue weighted by molar-refractivity contribution is -0.153. The summed E-state index contributed by atoms with van der Waals surface area (Å²) in [7, 11) is 0. The van der Waals surface area contributed by atoms with E-state index in [1.54, 1.807) is 0 Å². The number of fused-ring (bicyclic) bond motifs is 1. The van der Waals surface area contributed by atoms with Gasteiger partial charge in [0.1, 0.15) is 0 Å². The van der Waals surface area contributed by atoms with Gasteiger partial charge in [0.2, 0.25) is 0 Å². The molecule has 1 aliphatic carbocycles. The van der Waals surface area contributed by atoms with Crippen LogP contribution >= 0.6 is 0 Å². The van der Waals surface area contributed by atoms with E-state index in [0.717, 1.165) is 12.8 Å². The fourth-order valence-corrected chi connectivity index (χ4v) is 2.11. The Morgan fingerprint density at radius 3 is 2.69 bits per heavy atom. The predicted octanol–water partition coefficient (Wildman–Crippen LogP) is 1.43. The van der Waals surface area contributed by atoms with Crippen LogP contribution in [0.3, 0.4) is 0 Å². The lowest BCUT2D eigenvalue weighted by Crippen LogP contribution is -2.22. The smallest absolute Gasteiger partial charge is 0.317 e. The van der Waals surface area contributed by atoms with Gasteiger partial charge in [-0.15, -0.1) is 0 Å². The molecule has 1 heterocycles. The summed E-state index contributed by atoms with van der Waals surface area (Å²) in [4.78, 5) is 22.4. The molecular weight excluding hydrogens is 168 g/mol. The molecule has 1 saturated carbocycles. The van der Waals surface area contributed by atoms with Crippen LogP contribution in [0.5, 0.6) is 0 Å². The Hall–Kier alpha value is -1.12. The molecule has 0 amide bonds. The summed E-state index contributed by atoms with van der Waals surface area (Å²) in [6, 6.07) is 0. The molecule has 2 rings (SSSR count). The average Bonchev–Trinajstić information content (AvgIpc) is 2.42. The Bertz CT molecular complexity index is 291. The molecule has 2 unspecified atom stereocenters. The third-order valence-electron chi connectivity index (χ3n) is 2.96. The molecule has 1 saturated heterocycles. The number of hydrogen-bond donors (Lipinski definition) is 0. The van der Waals surface area contributed by atoms with Gasteiger partial charge in [-0.25, -0.2) is 0 Å². The molecule has 0 radical (unpaired) electrons. The first kappa shape index (κ1) is 8.48. The molecule has 0 bridgehead atoms.